The smallest absolute Gasteiger partial charge is 0.254 e. The molecular formula is C22H23NO2. The molecule has 0 aliphatic heterocycles. The summed E-state index contributed by atoms with van der Waals surface area (Å²) >= 11 is 0. The molecule has 0 aliphatic carbocycles. The van der Waals surface area contributed by atoms with Crippen LogP contribution in [0.4, 0.5) is 0 Å². The Kier molecular flexibility index (Phi) is 5.03. The fourth-order valence-corrected chi connectivity index (χ4v) is 3.04. The first-order chi connectivity index (χ1) is 12.0. The minimum absolute atomic E-state index is 0.0147. The summed E-state index contributed by atoms with van der Waals surface area (Å²) in [4.78, 5) is 14.5. The van der Waals surface area contributed by atoms with Crippen LogP contribution in [-0.2, 0) is 0 Å². The summed E-state index contributed by atoms with van der Waals surface area (Å²) in [5.41, 5.74) is 3.08. The van der Waals surface area contributed by atoms with Crippen molar-refractivity contribution in [1.29, 1.82) is 0 Å². The van der Waals surface area contributed by atoms with Crippen LogP contribution < -0.4 is 4.74 Å². The van der Waals surface area contributed by atoms with Crippen LogP contribution in [0, 0.1) is 13.8 Å². The molecule has 0 bridgehead atoms. The van der Waals surface area contributed by atoms with E-state index in [1.54, 1.807) is 4.90 Å². The molecule has 0 radical (unpaired) electrons. The standard InChI is InChI=1S/C22H23NO2/c1-16-13-17(2)15-19(14-16)25-12-11-23(3)22(24)21-10-6-8-18-7-4-5-9-20(18)21/h4-10,13-15H,11-12H2,1-3H3. The van der Waals surface area contributed by atoms with Crippen molar-refractivity contribution in [1.82, 2.24) is 4.90 Å². The number of fused-ring (bicyclic) bond motifs is 1. The van der Waals surface area contributed by atoms with Crippen LogP contribution in [0.25, 0.3) is 10.8 Å². The van der Waals surface area contributed by atoms with E-state index in [0.717, 1.165) is 22.1 Å². The van der Waals surface area contributed by atoms with E-state index in [1.807, 2.05) is 61.6 Å². The molecule has 25 heavy (non-hydrogen) atoms. The average Bonchev–Trinajstić information content (AvgIpc) is 2.59. The van der Waals surface area contributed by atoms with E-state index in [0.29, 0.717) is 13.2 Å². The minimum atomic E-state index is 0.0147. The lowest BCUT2D eigenvalue weighted by Crippen LogP contribution is -2.31. The lowest BCUT2D eigenvalue weighted by molar-refractivity contribution is 0.0775. The number of rotatable bonds is 5. The Morgan fingerprint density at radius 3 is 2.40 bits per heavy atom. The molecule has 0 N–H and O–H groups in total. The molecule has 0 aliphatic rings. The van der Waals surface area contributed by atoms with Crippen LogP contribution >= 0.6 is 0 Å². The van der Waals surface area contributed by atoms with Crippen molar-refractivity contribution < 1.29 is 9.53 Å². The summed E-state index contributed by atoms with van der Waals surface area (Å²) in [7, 11) is 1.81. The van der Waals surface area contributed by atoms with E-state index >= 15 is 0 Å². The van der Waals surface area contributed by atoms with Gasteiger partial charge in [0.15, 0.2) is 0 Å². The Morgan fingerprint density at radius 2 is 1.64 bits per heavy atom. The lowest BCUT2D eigenvalue weighted by Gasteiger charge is -2.19. The van der Waals surface area contributed by atoms with Crippen LogP contribution in [0.15, 0.2) is 60.7 Å². The molecule has 3 rings (SSSR count). The molecule has 0 unspecified atom stereocenters. The number of hydrogen-bond acceptors (Lipinski definition) is 2. The number of likely N-dealkylation sites (N-methyl/N-ethyl adjacent to an activating group) is 1. The van der Waals surface area contributed by atoms with Gasteiger partial charge in [-0.3, -0.25) is 4.79 Å². The van der Waals surface area contributed by atoms with Gasteiger partial charge in [-0.05, 0) is 53.9 Å². The number of nitrogens with zero attached hydrogens (tertiary/aromatic N) is 1. The maximum absolute atomic E-state index is 12.8. The van der Waals surface area contributed by atoms with Crippen molar-refractivity contribution in [3.63, 3.8) is 0 Å². The normalized spacial score (nSPS) is 10.7. The first-order valence-electron chi connectivity index (χ1n) is 8.49. The van der Waals surface area contributed by atoms with Crippen LogP contribution in [-0.4, -0.2) is 31.0 Å². The van der Waals surface area contributed by atoms with Crippen LogP contribution in [0.1, 0.15) is 21.5 Å². The van der Waals surface area contributed by atoms with Crippen LogP contribution in [0.2, 0.25) is 0 Å². The zero-order valence-corrected chi connectivity index (χ0v) is 15.0. The van der Waals surface area contributed by atoms with E-state index in [-0.39, 0.29) is 5.91 Å². The van der Waals surface area contributed by atoms with Crippen molar-refractivity contribution in [2.24, 2.45) is 0 Å². The van der Waals surface area contributed by atoms with Crippen molar-refractivity contribution in [3.8, 4) is 5.75 Å². The van der Waals surface area contributed by atoms with E-state index in [9.17, 15) is 4.79 Å². The third-order valence-corrected chi connectivity index (χ3v) is 4.26. The van der Waals surface area contributed by atoms with Crippen LogP contribution in [0.3, 0.4) is 0 Å². The molecule has 0 aromatic heterocycles. The Balaban J connectivity index is 1.66. The largest absolute Gasteiger partial charge is 0.492 e. The van der Waals surface area contributed by atoms with E-state index in [4.69, 9.17) is 4.74 Å². The van der Waals surface area contributed by atoms with Gasteiger partial charge in [0.25, 0.3) is 5.91 Å². The monoisotopic (exact) mass is 333 g/mol. The minimum Gasteiger partial charge on any atom is -0.492 e. The van der Waals surface area contributed by atoms with Gasteiger partial charge in [-0.1, -0.05) is 42.5 Å². The number of hydrogen-bond donors (Lipinski definition) is 0. The Labute approximate surface area is 148 Å². The number of benzene rings is 3. The summed E-state index contributed by atoms with van der Waals surface area (Å²) < 4.78 is 5.82. The number of carbonyl (C=O) groups excluding carboxylic acids is 1. The second kappa shape index (κ2) is 7.39. The molecule has 1 amide bonds. The van der Waals surface area contributed by atoms with E-state index in [1.165, 1.54) is 11.1 Å². The molecule has 3 heteroatoms. The molecule has 0 saturated carbocycles. The van der Waals surface area contributed by atoms with E-state index < -0.39 is 0 Å². The van der Waals surface area contributed by atoms with Crippen molar-refractivity contribution >= 4 is 16.7 Å². The summed E-state index contributed by atoms with van der Waals surface area (Å²) in [6.45, 7) is 5.11. The zero-order chi connectivity index (χ0) is 17.8. The molecule has 3 nitrogen and oxygen atoms in total. The first-order valence-corrected chi connectivity index (χ1v) is 8.49. The zero-order valence-electron chi connectivity index (χ0n) is 15.0. The second-order valence-electron chi connectivity index (χ2n) is 6.43. The summed E-state index contributed by atoms with van der Waals surface area (Å²) in [5.74, 6) is 0.865. The van der Waals surface area contributed by atoms with Gasteiger partial charge in [-0.25, -0.2) is 0 Å². The fourth-order valence-electron chi connectivity index (χ4n) is 3.04. The number of carbonyl (C=O) groups is 1. The Hall–Kier alpha value is -2.81. The van der Waals surface area contributed by atoms with Gasteiger partial charge in [-0.15, -0.1) is 0 Å². The highest BCUT2D eigenvalue weighted by Crippen LogP contribution is 2.20. The van der Waals surface area contributed by atoms with Gasteiger partial charge in [-0.2, -0.15) is 0 Å². The molecule has 3 aromatic carbocycles. The third kappa shape index (κ3) is 4.00. The SMILES string of the molecule is Cc1cc(C)cc(OCCN(C)C(=O)c2cccc3ccccc23)c1. The first kappa shape index (κ1) is 17.0. The third-order valence-electron chi connectivity index (χ3n) is 4.26. The summed E-state index contributed by atoms with van der Waals surface area (Å²) in [5, 5.41) is 2.06. The molecule has 0 saturated heterocycles. The van der Waals surface area contributed by atoms with Gasteiger partial charge in [0.05, 0.1) is 6.54 Å². The van der Waals surface area contributed by atoms with Gasteiger partial charge in [0.2, 0.25) is 0 Å². The number of aryl methyl sites for hydroxylation is 2. The van der Waals surface area contributed by atoms with Crippen molar-refractivity contribution in [2.75, 3.05) is 20.2 Å². The maximum Gasteiger partial charge on any atom is 0.254 e. The van der Waals surface area contributed by atoms with Gasteiger partial charge in [0, 0.05) is 12.6 Å². The second-order valence-corrected chi connectivity index (χ2v) is 6.43. The highest BCUT2D eigenvalue weighted by atomic mass is 16.5. The number of ether oxygens (including phenoxy) is 1. The fraction of sp³-hybridized carbons (Fsp3) is 0.227. The Morgan fingerprint density at radius 1 is 0.960 bits per heavy atom. The highest BCUT2D eigenvalue weighted by Gasteiger charge is 2.14. The molecule has 0 spiro atoms. The summed E-state index contributed by atoms with van der Waals surface area (Å²) in [6.07, 6.45) is 0. The average molecular weight is 333 g/mol. The molecule has 0 fully saturated rings. The van der Waals surface area contributed by atoms with Gasteiger partial charge >= 0.3 is 0 Å². The molecule has 0 atom stereocenters. The molecule has 128 valence electrons. The van der Waals surface area contributed by atoms with E-state index in [2.05, 4.69) is 19.9 Å². The summed E-state index contributed by atoms with van der Waals surface area (Å²) in [6, 6.07) is 19.9. The van der Waals surface area contributed by atoms with Gasteiger partial charge < -0.3 is 9.64 Å². The quantitative estimate of drug-likeness (QED) is 0.682. The molecule has 3 aromatic rings. The highest BCUT2D eigenvalue weighted by molar-refractivity contribution is 6.06. The predicted molar refractivity (Wildman–Crippen MR) is 102 cm³/mol. The van der Waals surface area contributed by atoms with Gasteiger partial charge in [0.1, 0.15) is 12.4 Å². The van der Waals surface area contributed by atoms with Crippen LogP contribution in [0.5, 0.6) is 5.75 Å². The lowest BCUT2D eigenvalue weighted by atomic mass is 10.0. The van der Waals surface area contributed by atoms with Crippen molar-refractivity contribution in [2.45, 2.75) is 13.8 Å². The topological polar surface area (TPSA) is 29.5 Å². The molecule has 0 heterocycles. The maximum atomic E-state index is 12.8. The number of amides is 1. The van der Waals surface area contributed by atoms with Crippen molar-refractivity contribution in [3.05, 3.63) is 77.4 Å². The Bertz CT molecular complexity index is 876. The molecular weight excluding hydrogens is 310 g/mol. The predicted octanol–water partition coefficient (Wildman–Crippen LogP) is 4.61.